The highest BCUT2D eigenvalue weighted by Gasteiger charge is 2.12. The van der Waals surface area contributed by atoms with E-state index in [9.17, 15) is 15.2 Å². The summed E-state index contributed by atoms with van der Waals surface area (Å²) >= 11 is 1.02. The first-order valence-corrected chi connectivity index (χ1v) is 5.60. The van der Waals surface area contributed by atoms with Crippen molar-refractivity contribution in [2.45, 2.75) is 0 Å². The molecule has 1 aromatic heterocycles. The van der Waals surface area contributed by atoms with Gasteiger partial charge in [0.15, 0.2) is 0 Å². The number of aliphatic imine (C=N–C) groups is 1. The van der Waals surface area contributed by atoms with Crippen molar-refractivity contribution in [3.05, 3.63) is 39.3 Å². The second kappa shape index (κ2) is 4.80. The molecule has 2 N–H and O–H groups in total. The smallest absolute Gasteiger partial charge is 0.377 e. The number of nitrogens with zero attached hydrogens (tertiary/aromatic N) is 3. The van der Waals surface area contributed by atoms with Crippen LogP contribution in [0.1, 0.15) is 5.56 Å². The quantitative estimate of drug-likeness (QED) is 0.502. The number of phenolic OH excluding ortho intramolecular Hbond substituents is 2. The van der Waals surface area contributed by atoms with Gasteiger partial charge in [-0.15, -0.1) is 0 Å². The van der Waals surface area contributed by atoms with Crippen LogP contribution in [0.4, 0.5) is 10.9 Å². The van der Waals surface area contributed by atoms with Gasteiger partial charge >= 0.3 is 10.9 Å². The number of aromatic nitrogens is 1. The summed E-state index contributed by atoms with van der Waals surface area (Å²) in [6.07, 6.45) is 1.32. The lowest BCUT2D eigenvalue weighted by Gasteiger charge is -1.97. The topological polar surface area (TPSA) is 109 Å². The van der Waals surface area contributed by atoms with Crippen LogP contribution in [0.3, 0.4) is 0 Å². The SMILES string of the molecule is O=[N+]([O-])c1csc(/N=C/c2ccc(O)cc2O)n1. The van der Waals surface area contributed by atoms with E-state index in [1.807, 2.05) is 0 Å². The Bertz CT molecular complexity index is 623. The Balaban J connectivity index is 2.21. The van der Waals surface area contributed by atoms with Gasteiger partial charge in [-0.1, -0.05) is 11.3 Å². The number of nitro groups is 1. The summed E-state index contributed by atoms with van der Waals surface area (Å²) < 4.78 is 0. The molecule has 0 amide bonds. The first-order valence-electron chi connectivity index (χ1n) is 4.72. The molecule has 8 heteroatoms. The van der Waals surface area contributed by atoms with Gasteiger partial charge in [0.2, 0.25) is 0 Å². The van der Waals surface area contributed by atoms with Gasteiger partial charge in [0, 0.05) is 17.8 Å². The lowest BCUT2D eigenvalue weighted by Crippen LogP contribution is -1.86. The van der Waals surface area contributed by atoms with E-state index in [4.69, 9.17) is 5.11 Å². The van der Waals surface area contributed by atoms with Crippen molar-refractivity contribution in [1.29, 1.82) is 0 Å². The molecular weight excluding hydrogens is 258 g/mol. The van der Waals surface area contributed by atoms with Crippen molar-refractivity contribution >= 4 is 28.5 Å². The predicted molar refractivity (Wildman–Crippen MR) is 65.8 cm³/mol. The Hall–Kier alpha value is -2.48. The molecule has 0 spiro atoms. The number of phenols is 2. The molecule has 2 rings (SSSR count). The van der Waals surface area contributed by atoms with Gasteiger partial charge in [0.25, 0.3) is 0 Å². The molecule has 2 aromatic rings. The van der Waals surface area contributed by atoms with E-state index in [1.54, 1.807) is 0 Å². The number of hydrogen-bond acceptors (Lipinski definition) is 7. The van der Waals surface area contributed by atoms with Gasteiger partial charge in [-0.25, -0.2) is 4.99 Å². The van der Waals surface area contributed by atoms with E-state index in [2.05, 4.69) is 9.98 Å². The molecule has 0 aliphatic heterocycles. The van der Waals surface area contributed by atoms with E-state index < -0.39 is 4.92 Å². The van der Waals surface area contributed by atoms with E-state index in [-0.39, 0.29) is 22.4 Å². The number of rotatable bonds is 3. The molecule has 18 heavy (non-hydrogen) atoms. The average Bonchev–Trinajstić information content (AvgIpc) is 2.76. The van der Waals surface area contributed by atoms with Gasteiger partial charge < -0.3 is 20.3 Å². The summed E-state index contributed by atoms with van der Waals surface area (Å²) in [6, 6.07) is 4.03. The van der Waals surface area contributed by atoms with E-state index in [0.29, 0.717) is 5.56 Å². The fourth-order valence-corrected chi connectivity index (χ4v) is 1.77. The van der Waals surface area contributed by atoms with Crippen molar-refractivity contribution in [2.24, 2.45) is 4.99 Å². The van der Waals surface area contributed by atoms with Crippen molar-refractivity contribution in [3.8, 4) is 11.5 Å². The summed E-state index contributed by atoms with van der Waals surface area (Å²) in [6.45, 7) is 0. The van der Waals surface area contributed by atoms with Gasteiger partial charge in [0.1, 0.15) is 11.5 Å². The van der Waals surface area contributed by atoms with E-state index in [1.165, 1.54) is 29.8 Å². The molecule has 0 atom stereocenters. The van der Waals surface area contributed by atoms with Gasteiger partial charge in [-0.2, -0.15) is 0 Å². The second-order valence-electron chi connectivity index (χ2n) is 3.25. The van der Waals surface area contributed by atoms with Crippen molar-refractivity contribution in [1.82, 2.24) is 4.98 Å². The Morgan fingerprint density at radius 1 is 1.44 bits per heavy atom. The van der Waals surface area contributed by atoms with Gasteiger partial charge in [-0.05, 0) is 22.0 Å². The minimum Gasteiger partial charge on any atom is -0.508 e. The van der Waals surface area contributed by atoms with Crippen molar-refractivity contribution in [2.75, 3.05) is 0 Å². The fourth-order valence-electron chi connectivity index (χ4n) is 1.17. The van der Waals surface area contributed by atoms with Gasteiger partial charge in [0.05, 0.1) is 5.38 Å². The maximum atomic E-state index is 10.4. The van der Waals surface area contributed by atoms with Crippen LogP contribution in [0.5, 0.6) is 11.5 Å². The third kappa shape index (κ3) is 2.61. The molecule has 92 valence electrons. The van der Waals surface area contributed by atoms with Crippen LogP contribution in [0, 0.1) is 10.1 Å². The molecule has 0 saturated carbocycles. The standard InChI is InChI=1S/C10H7N3O4S/c14-7-2-1-6(8(15)3-7)4-11-10-12-9(5-18-10)13(16)17/h1-5,14-15H/b11-4+. The molecule has 0 aliphatic carbocycles. The summed E-state index contributed by atoms with van der Waals surface area (Å²) in [5, 5.41) is 30.5. The third-order valence-corrected chi connectivity index (χ3v) is 2.73. The maximum Gasteiger partial charge on any atom is 0.377 e. The number of hydrogen-bond donors (Lipinski definition) is 2. The molecule has 0 unspecified atom stereocenters. The highest BCUT2D eigenvalue weighted by Crippen LogP contribution is 2.25. The predicted octanol–water partition coefficient (Wildman–Crippen LogP) is 2.21. The van der Waals surface area contributed by atoms with Crippen LogP contribution in [0.25, 0.3) is 0 Å². The molecule has 0 saturated heterocycles. The minimum absolute atomic E-state index is 0.0606. The first-order chi connectivity index (χ1) is 8.56. The monoisotopic (exact) mass is 265 g/mol. The third-order valence-electron chi connectivity index (χ3n) is 2.00. The molecule has 7 nitrogen and oxygen atoms in total. The lowest BCUT2D eigenvalue weighted by atomic mass is 10.2. The molecule has 0 fully saturated rings. The van der Waals surface area contributed by atoms with E-state index in [0.717, 1.165) is 11.3 Å². The summed E-state index contributed by atoms with van der Waals surface area (Å²) in [7, 11) is 0. The zero-order valence-electron chi connectivity index (χ0n) is 8.85. The fraction of sp³-hybridized carbons (Fsp3) is 0. The Kier molecular flexibility index (Phi) is 3.20. The zero-order valence-corrected chi connectivity index (χ0v) is 9.66. The van der Waals surface area contributed by atoms with Gasteiger partial charge in [-0.3, -0.25) is 0 Å². The Labute approximate surface area is 105 Å². The molecule has 0 aliphatic rings. The maximum absolute atomic E-state index is 10.4. The van der Waals surface area contributed by atoms with Crippen LogP contribution in [0.15, 0.2) is 28.6 Å². The Morgan fingerprint density at radius 3 is 2.83 bits per heavy atom. The van der Waals surface area contributed by atoms with Crippen LogP contribution < -0.4 is 0 Å². The van der Waals surface area contributed by atoms with Crippen LogP contribution >= 0.6 is 11.3 Å². The number of benzene rings is 1. The first kappa shape index (κ1) is 12.0. The highest BCUT2D eigenvalue weighted by molar-refractivity contribution is 7.13. The molecule has 1 heterocycles. The number of thiazole rings is 1. The lowest BCUT2D eigenvalue weighted by molar-refractivity contribution is -0.389. The van der Waals surface area contributed by atoms with Crippen LogP contribution in [-0.2, 0) is 0 Å². The summed E-state index contributed by atoms with van der Waals surface area (Å²) in [5.74, 6) is -0.457. The molecule has 0 radical (unpaired) electrons. The molecule has 0 bridgehead atoms. The Morgan fingerprint density at radius 2 is 2.22 bits per heavy atom. The summed E-state index contributed by atoms with van der Waals surface area (Å²) in [5.41, 5.74) is 0.380. The second-order valence-corrected chi connectivity index (χ2v) is 4.08. The van der Waals surface area contributed by atoms with Crippen molar-refractivity contribution < 1.29 is 15.1 Å². The molecular formula is C10H7N3O4S. The zero-order chi connectivity index (χ0) is 13.1. The van der Waals surface area contributed by atoms with E-state index >= 15 is 0 Å². The molecule has 1 aromatic carbocycles. The van der Waals surface area contributed by atoms with Crippen LogP contribution in [0.2, 0.25) is 0 Å². The highest BCUT2D eigenvalue weighted by atomic mass is 32.1. The van der Waals surface area contributed by atoms with Crippen LogP contribution in [-0.4, -0.2) is 26.3 Å². The normalized spacial score (nSPS) is 10.9. The largest absolute Gasteiger partial charge is 0.508 e. The summed E-state index contributed by atoms with van der Waals surface area (Å²) in [4.78, 5) is 17.4. The minimum atomic E-state index is -0.604. The van der Waals surface area contributed by atoms with Crippen molar-refractivity contribution in [3.63, 3.8) is 0 Å². The average molecular weight is 265 g/mol. The number of aromatic hydroxyl groups is 2.